The first-order valence-corrected chi connectivity index (χ1v) is 23.8. The second kappa shape index (κ2) is 21.2. The van der Waals surface area contributed by atoms with E-state index in [-0.39, 0.29) is 58.4 Å². The van der Waals surface area contributed by atoms with Crippen molar-refractivity contribution in [1.29, 1.82) is 0 Å². The molecule has 2 fully saturated rings. The second-order valence-corrected chi connectivity index (χ2v) is 18.3. The van der Waals surface area contributed by atoms with Crippen LogP contribution in [0.1, 0.15) is 79.8 Å². The van der Waals surface area contributed by atoms with Crippen LogP contribution in [-0.4, -0.2) is 98.4 Å². The van der Waals surface area contributed by atoms with Crippen LogP contribution in [0.3, 0.4) is 0 Å². The molecule has 6 aromatic rings. The molecule has 2 aliphatic rings. The van der Waals surface area contributed by atoms with Crippen LogP contribution in [0.2, 0.25) is 10.0 Å². The van der Waals surface area contributed by atoms with Crippen molar-refractivity contribution < 1.29 is 33.0 Å². The Hall–Kier alpha value is -6.24. The van der Waals surface area contributed by atoms with Crippen LogP contribution in [-0.2, 0) is 9.53 Å². The Kier molecular flexibility index (Phi) is 14.9. The van der Waals surface area contributed by atoms with Crippen LogP contribution in [0.4, 0.5) is 21.0 Å². The normalized spacial score (nSPS) is 15.1. The smallest absolute Gasteiger partial charge is 0.409 e. The third-order valence-corrected chi connectivity index (χ3v) is 13.8. The zero-order valence-electron chi connectivity index (χ0n) is 37.1. The number of hydrogen-bond donors (Lipinski definition) is 3. The number of nitrogens with one attached hydrogen (secondary N) is 1. The average molecular weight is 974 g/mol. The molecule has 1 unspecified atom stereocenters. The quantitative estimate of drug-likeness (QED) is 0.0825. The number of likely N-dealkylation sites (tertiary alicyclic amines) is 2. The van der Waals surface area contributed by atoms with Gasteiger partial charge in [0.15, 0.2) is 11.6 Å². The highest BCUT2D eigenvalue weighted by atomic mass is 35.5. The third kappa shape index (κ3) is 11.1. The number of nitrogen functional groups attached to an aromatic ring is 2. The number of thiophene rings is 1. The summed E-state index contributed by atoms with van der Waals surface area (Å²) in [5, 5.41) is 8.32. The fourth-order valence-corrected chi connectivity index (χ4v) is 10.0. The van der Waals surface area contributed by atoms with Gasteiger partial charge in [0.05, 0.1) is 40.9 Å². The van der Waals surface area contributed by atoms with Gasteiger partial charge < -0.3 is 40.8 Å². The maximum absolute atomic E-state index is 14.2. The number of aromatic nitrogens is 5. The van der Waals surface area contributed by atoms with Crippen molar-refractivity contribution in [3.63, 3.8) is 0 Å². The highest BCUT2D eigenvalue weighted by molar-refractivity contribution is 7.20. The van der Waals surface area contributed by atoms with E-state index in [1.807, 2.05) is 47.0 Å². The Labute approximate surface area is 400 Å². The molecule has 4 aromatic heterocycles. The van der Waals surface area contributed by atoms with Gasteiger partial charge in [-0.25, -0.2) is 24.1 Å². The van der Waals surface area contributed by atoms with Crippen molar-refractivity contribution in [1.82, 2.24) is 39.8 Å². The number of nitrogens with two attached hydrogens (primary N) is 2. The average Bonchev–Trinajstić information content (AvgIpc) is 4.00. The van der Waals surface area contributed by atoms with Crippen LogP contribution in [0.25, 0.3) is 32.6 Å². The minimum Gasteiger partial charge on any atom is -0.494 e. The minimum atomic E-state index is -0.716. The number of ether oxygens (including phenoxy) is 3. The molecule has 6 heterocycles. The van der Waals surface area contributed by atoms with Crippen molar-refractivity contribution in [3.05, 3.63) is 93.4 Å². The molecular formula is C47H51Cl2FN10O6S. The highest BCUT2D eigenvalue weighted by Crippen LogP contribution is 2.38. The topological polar surface area (TPSA) is 206 Å². The monoisotopic (exact) mass is 972 g/mol. The summed E-state index contributed by atoms with van der Waals surface area (Å²) >= 11 is 13.8. The van der Waals surface area contributed by atoms with Gasteiger partial charge in [-0.05, 0) is 88.3 Å². The molecule has 5 N–H and O–H groups in total. The molecule has 1 atom stereocenters. The van der Waals surface area contributed by atoms with E-state index in [0.29, 0.717) is 90.4 Å². The van der Waals surface area contributed by atoms with E-state index in [2.05, 4.69) is 25.4 Å². The number of carbonyl (C=O) groups excluding carboxylic acids is 3. The Bertz CT molecular complexity index is 2760. The molecule has 352 valence electrons. The van der Waals surface area contributed by atoms with Crippen LogP contribution in [0.15, 0.2) is 67.1 Å². The summed E-state index contributed by atoms with van der Waals surface area (Å²) < 4.78 is 33.8. The molecule has 67 heavy (non-hydrogen) atoms. The third-order valence-electron chi connectivity index (χ3n) is 12.1. The minimum absolute atomic E-state index is 0.0181. The second-order valence-electron chi connectivity index (χ2n) is 16.5. The molecule has 20 heteroatoms. The number of rotatable bonds is 15. The lowest BCUT2D eigenvalue weighted by Crippen LogP contribution is -2.41. The van der Waals surface area contributed by atoms with Gasteiger partial charge >= 0.3 is 6.09 Å². The number of piperidine rings is 2. The molecule has 16 nitrogen and oxygen atoms in total. The molecular weight excluding hydrogens is 923 g/mol. The maximum atomic E-state index is 14.2. The number of halogens is 3. The standard InChI is InChI=1S/C47H51Cl2FN10O6S/c1-3-53-44(62)38-23-34-42(56-46(52)57-45(34)67-38)29-5-4-6-33(21-29)64-19-13-28-9-15-58(16-10-28)39(61)14-20-65-47(63)59-17-11-32(12-18-59)60-26-31(25-55-60)30-22-37(43(51)54-24-30)66-27(2)40-35(48)7-8-36(50)41(40)49/h4-8,21-28,32H,3,9-20H2,1-2H3,(H2,51,54)(H,53,62)(H2,52,56,57). The van der Waals surface area contributed by atoms with E-state index in [1.54, 1.807) is 36.4 Å². The predicted molar refractivity (Wildman–Crippen MR) is 256 cm³/mol. The highest BCUT2D eigenvalue weighted by Gasteiger charge is 2.28. The molecule has 0 spiro atoms. The Balaban J connectivity index is 0.739. The molecule has 0 aliphatic carbocycles. The fourth-order valence-electron chi connectivity index (χ4n) is 8.41. The first kappa shape index (κ1) is 47.3. The SMILES string of the molecule is CCNC(=O)c1cc2c(-c3cccc(OCCC4CCN(C(=O)CCOC(=O)N5CCC(n6cc(-c7cnc(N)c(OC(C)c8c(Cl)ccc(F)c8Cl)c7)cn6)CC5)CC4)c3)nc(N)nc2s1. The lowest BCUT2D eigenvalue weighted by Gasteiger charge is -2.32. The summed E-state index contributed by atoms with van der Waals surface area (Å²) in [5.41, 5.74) is 15.4. The van der Waals surface area contributed by atoms with E-state index in [0.717, 1.165) is 35.8 Å². The number of nitrogens with zero attached hydrogens (tertiary/aromatic N) is 7. The first-order chi connectivity index (χ1) is 32.3. The van der Waals surface area contributed by atoms with E-state index in [1.165, 1.54) is 23.5 Å². The van der Waals surface area contributed by atoms with Gasteiger partial charge in [-0.15, -0.1) is 11.3 Å². The van der Waals surface area contributed by atoms with Crippen molar-refractivity contribution in [2.45, 2.75) is 64.5 Å². The summed E-state index contributed by atoms with van der Waals surface area (Å²) in [6, 6.07) is 13.9. The van der Waals surface area contributed by atoms with Gasteiger partial charge in [0.25, 0.3) is 5.91 Å². The van der Waals surface area contributed by atoms with Crippen molar-refractivity contribution in [2.75, 3.05) is 57.4 Å². The summed E-state index contributed by atoms with van der Waals surface area (Å²) in [5.74, 6) is 0.885. The van der Waals surface area contributed by atoms with Gasteiger partial charge in [0.2, 0.25) is 11.9 Å². The number of fused-ring (bicyclic) bond motifs is 1. The van der Waals surface area contributed by atoms with E-state index in [9.17, 15) is 18.8 Å². The zero-order valence-corrected chi connectivity index (χ0v) is 39.4. The van der Waals surface area contributed by atoms with Crippen LogP contribution in [0, 0.1) is 11.7 Å². The Morgan fingerprint density at radius 1 is 0.940 bits per heavy atom. The first-order valence-electron chi connectivity index (χ1n) is 22.2. The van der Waals surface area contributed by atoms with Crippen LogP contribution < -0.4 is 26.3 Å². The number of benzene rings is 2. The molecule has 3 amide bonds. The fraction of sp³-hybridized carbons (Fsp3) is 0.383. The molecule has 0 saturated carbocycles. The molecule has 8 rings (SSSR count). The lowest BCUT2D eigenvalue weighted by atomic mass is 9.94. The summed E-state index contributed by atoms with van der Waals surface area (Å²) in [6.45, 7) is 6.88. The number of hydrogen-bond acceptors (Lipinski definition) is 13. The molecule has 2 aliphatic heterocycles. The Morgan fingerprint density at radius 2 is 1.72 bits per heavy atom. The summed E-state index contributed by atoms with van der Waals surface area (Å²) in [6.07, 6.45) is 8.15. The molecule has 0 bridgehead atoms. The number of carbonyl (C=O) groups is 3. The molecule has 0 radical (unpaired) electrons. The summed E-state index contributed by atoms with van der Waals surface area (Å²) in [4.78, 5) is 56.4. The lowest BCUT2D eigenvalue weighted by molar-refractivity contribution is -0.133. The van der Waals surface area contributed by atoms with E-state index in [4.69, 9.17) is 48.9 Å². The number of anilines is 2. The maximum Gasteiger partial charge on any atom is 0.409 e. The Morgan fingerprint density at radius 3 is 2.49 bits per heavy atom. The molecule has 2 aromatic carbocycles. The summed E-state index contributed by atoms with van der Waals surface area (Å²) in [7, 11) is 0. The van der Waals surface area contributed by atoms with Crippen LogP contribution in [0.5, 0.6) is 11.5 Å². The van der Waals surface area contributed by atoms with Gasteiger partial charge in [-0.1, -0.05) is 35.3 Å². The zero-order chi connectivity index (χ0) is 47.2. The van der Waals surface area contributed by atoms with Gasteiger partial charge in [-0.3, -0.25) is 14.3 Å². The van der Waals surface area contributed by atoms with Gasteiger partial charge in [0, 0.05) is 77.8 Å². The number of pyridine rings is 1. The van der Waals surface area contributed by atoms with Crippen LogP contribution >= 0.6 is 34.5 Å². The van der Waals surface area contributed by atoms with Crippen molar-refractivity contribution in [2.24, 2.45) is 5.92 Å². The van der Waals surface area contributed by atoms with Gasteiger partial charge in [-0.2, -0.15) is 5.10 Å². The predicted octanol–water partition coefficient (Wildman–Crippen LogP) is 8.99. The number of amides is 3. The van der Waals surface area contributed by atoms with Crippen molar-refractivity contribution in [3.8, 4) is 33.9 Å². The van der Waals surface area contributed by atoms with E-state index >= 15 is 0 Å². The van der Waals surface area contributed by atoms with E-state index < -0.39 is 18.0 Å². The largest absolute Gasteiger partial charge is 0.494 e. The molecule has 2 saturated heterocycles. The van der Waals surface area contributed by atoms with Crippen molar-refractivity contribution >= 4 is 74.4 Å². The van der Waals surface area contributed by atoms with Gasteiger partial charge in [0.1, 0.15) is 29.1 Å².